The second kappa shape index (κ2) is 3.74. The van der Waals surface area contributed by atoms with Crippen molar-refractivity contribution in [2.75, 3.05) is 0 Å². The quantitative estimate of drug-likeness (QED) is 0.662. The van der Waals surface area contributed by atoms with Gasteiger partial charge in [-0.15, -0.1) is 0 Å². The fraction of sp³-hybridized carbons (Fsp3) is 0. The van der Waals surface area contributed by atoms with Gasteiger partial charge in [-0.3, -0.25) is 19.7 Å². The number of hydrogen-bond acceptors (Lipinski definition) is 4. The summed E-state index contributed by atoms with van der Waals surface area (Å²) in [6.45, 7) is 0. The Hall–Kier alpha value is -2.10. The Balaban J connectivity index is 2.47. The van der Waals surface area contributed by atoms with Crippen molar-refractivity contribution in [1.29, 1.82) is 0 Å². The van der Waals surface area contributed by atoms with Gasteiger partial charge in [-0.05, 0) is 6.07 Å². The molecule has 0 saturated heterocycles. The monoisotopic (exact) mass is 185 g/mol. The Morgan fingerprint density at radius 2 is 2.00 bits per heavy atom. The summed E-state index contributed by atoms with van der Waals surface area (Å²) in [7, 11) is 0. The van der Waals surface area contributed by atoms with Crippen LogP contribution in [0.15, 0.2) is 37.1 Å². The minimum atomic E-state index is 0.535. The molecule has 0 fully saturated rings. The number of carbonyl (C=O) groups is 1. The minimum absolute atomic E-state index is 0.535. The Morgan fingerprint density at radius 3 is 2.71 bits per heavy atom. The highest BCUT2D eigenvalue weighted by molar-refractivity contribution is 5.77. The third kappa shape index (κ3) is 1.64. The van der Waals surface area contributed by atoms with Crippen LogP contribution in [0.4, 0.5) is 0 Å². The molecule has 0 aromatic carbocycles. The standard InChI is InChI=1S/C10H7N3O/c14-7-8-3-9(5-12-4-8)10-6-11-1-2-13-10/h1-7H. The highest BCUT2D eigenvalue weighted by atomic mass is 16.1. The van der Waals surface area contributed by atoms with E-state index in [0.717, 1.165) is 11.8 Å². The van der Waals surface area contributed by atoms with Crippen LogP contribution in [-0.2, 0) is 0 Å². The number of rotatable bonds is 2. The Bertz CT molecular complexity index is 442. The Kier molecular flexibility index (Phi) is 2.27. The highest BCUT2D eigenvalue weighted by Gasteiger charge is 1.99. The fourth-order valence-corrected chi connectivity index (χ4v) is 1.11. The van der Waals surface area contributed by atoms with Crippen LogP contribution in [0.1, 0.15) is 10.4 Å². The first kappa shape index (κ1) is 8.50. The second-order valence-corrected chi connectivity index (χ2v) is 2.72. The van der Waals surface area contributed by atoms with Gasteiger partial charge in [0.1, 0.15) is 0 Å². The molecule has 0 amide bonds. The predicted molar refractivity (Wildman–Crippen MR) is 50.7 cm³/mol. The van der Waals surface area contributed by atoms with E-state index in [1.165, 1.54) is 6.20 Å². The van der Waals surface area contributed by atoms with Crippen molar-refractivity contribution in [3.05, 3.63) is 42.6 Å². The largest absolute Gasteiger partial charge is 0.298 e. The lowest BCUT2D eigenvalue weighted by Gasteiger charge is -1.98. The molecule has 0 aliphatic rings. The molecule has 0 bridgehead atoms. The molecule has 0 unspecified atom stereocenters. The van der Waals surface area contributed by atoms with Gasteiger partial charge in [0.05, 0.1) is 11.9 Å². The average molecular weight is 185 g/mol. The molecule has 0 N–H and O–H groups in total. The first-order valence-electron chi connectivity index (χ1n) is 4.07. The van der Waals surface area contributed by atoms with Gasteiger partial charge in [-0.1, -0.05) is 0 Å². The summed E-state index contributed by atoms with van der Waals surface area (Å²) >= 11 is 0. The summed E-state index contributed by atoms with van der Waals surface area (Å²) in [5.74, 6) is 0. The summed E-state index contributed by atoms with van der Waals surface area (Å²) in [6, 6.07) is 1.73. The van der Waals surface area contributed by atoms with Gasteiger partial charge in [0, 0.05) is 35.9 Å². The van der Waals surface area contributed by atoms with E-state index in [9.17, 15) is 4.79 Å². The first-order chi connectivity index (χ1) is 6.90. The van der Waals surface area contributed by atoms with Crippen molar-refractivity contribution in [3.63, 3.8) is 0 Å². The zero-order chi connectivity index (χ0) is 9.80. The van der Waals surface area contributed by atoms with E-state index in [2.05, 4.69) is 15.0 Å². The van der Waals surface area contributed by atoms with Crippen LogP contribution >= 0.6 is 0 Å². The van der Waals surface area contributed by atoms with Crippen LogP contribution in [0.25, 0.3) is 11.3 Å². The van der Waals surface area contributed by atoms with Crippen LogP contribution in [-0.4, -0.2) is 21.2 Å². The number of hydrogen-bond donors (Lipinski definition) is 0. The van der Waals surface area contributed by atoms with Gasteiger partial charge < -0.3 is 0 Å². The predicted octanol–water partition coefficient (Wildman–Crippen LogP) is 1.35. The number of nitrogens with zero attached hydrogens (tertiary/aromatic N) is 3. The van der Waals surface area contributed by atoms with E-state index < -0.39 is 0 Å². The first-order valence-corrected chi connectivity index (χ1v) is 4.07. The highest BCUT2D eigenvalue weighted by Crippen LogP contribution is 2.14. The number of carbonyl (C=O) groups excluding carboxylic acids is 1. The van der Waals surface area contributed by atoms with Crippen molar-refractivity contribution in [1.82, 2.24) is 15.0 Å². The van der Waals surface area contributed by atoms with Crippen molar-refractivity contribution in [2.24, 2.45) is 0 Å². The molecule has 2 heterocycles. The SMILES string of the molecule is O=Cc1cncc(-c2cnccn2)c1. The normalized spacial score (nSPS) is 9.71. The molecule has 0 spiro atoms. The van der Waals surface area contributed by atoms with Crippen LogP contribution < -0.4 is 0 Å². The lowest BCUT2D eigenvalue weighted by Crippen LogP contribution is -1.88. The molecular weight excluding hydrogens is 178 g/mol. The third-order valence-electron chi connectivity index (χ3n) is 1.75. The molecule has 4 nitrogen and oxygen atoms in total. The number of aldehydes is 1. The molecule has 0 radical (unpaired) electrons. The molecule has 2 aromatic rings. The van der Waals surface area contributed by atoms with Crippen LogP contribution in [0.3, 0.4) is 0 Å². The average Bonchev–Trinajstić information content (AvgIpc) is 2.30. The summed E-state index contributed by atoms with van der Waals surface area (Å²) in [6.07, 6.45) is 8.74. The fourth-order valence-electron chi connectivity index (χ4n) is 1.11. The molecule has 0 aliphatic carbocycles. The summed E-state index contributed by atoms with van der Waals surface area (Å²) in [5, 5.41) is 0. The van der Waals surface area contributed by atoms with E-state index in [0.29, 0.717) is 11.3 Å². The van der Waals surface area contributed by atoms with E-state index in [4.69, 9.17) is 0 Å². The van der Waals surface area contributed by atoms with Gasteiger partial charge >= 0.3 is 0 Å². The second-order valence-electron chi connectivity index (χ2n) is 2.72. The van der Waals surface area contributed by atoms with Gasteiger partial charge in [-0.2, -0.15) is 0 Å². The zero-order valence-electron chi connectivity index (χ0n) is 7.29. The smallest absolute Gasteiger partial charge is 0.151 e. The third-order valence-corrected chi connectivity index (χ3v) is 1.75. The maximum atomic E-state index is 10.5. The van der Waals surface area contributed by atoms with Gasteiger partial charge in [0.15, 0.2) is 6.29 Å². The summed E-state index contributed by atoms with van der Waals surface area (Å²) < 4.78 is 0. The topological polar surface area (TPSA) is 55.7 Å². The maximum Gasteiger partial charge on any atom is 0.151 e. The number of pyridine rings is 1. The molecule has 14 heavy (non-hydrogen) atoms. The van der Waals surface area contributed by atoms with Gasteiger partial charge in [0.25, 0.3) is 0 Å². The van der Waals surface area contributed by atoms with Crippen LogP contribution in [0.2, 0.25) is 0 Å². The van der Waals surface area contributed by atoms with E-state index in [1.54, 1.807) is 30.9 Å². The van der Waals surface area contributed by atoms with Gasteiger partial charge in [-0.25, -0.2) is 0 Å². The van der Waals surface area contributed by atoms with E-state index in [-0.39, 0.29) is 0 Å². The molecule has 0 saturated carbocycles. The summed E-state index contributed by atoms with van der Waals surface area (Å²) in [5.41, 5.74) is 2.04. The molecule has 0 atom stereocenters. The van der Waals surface area contributed by atoms with Crippen molar-refractivity contribution in [3.8, 4) is 11.3 Å². The lowest BCUT2D eigenvalue weighted by molar-refractivity contribution is 0.112. The van der Waals surface area contributed by atoms with Crippen molar-refractivity contribution < 1.29 is 4.79 Å². The minimum Gasteiger partial charge on any atom is -0.298 e. The van der Waals surface area contributed by atoms with Crippen molar-refractivity contribution in [2.45, 2.75) is 0 Å². The lowest BCUT2D eigenvalue weighted by atomic mass is 10.2. The molecular formula is C10H7N3O. The van der Waals surface area contributed by atoms with Gasteiger partial charge in [0.2, 0.25) is 0 Å². The van der Waals surface area contributed by atoms with Crippen molar-refractivity contribution >= 4 is 6.29 Å². The molecule has 2 aromatic heterocycles. The zero-order valence-corrected chi connectivity index (χ0v) is 7.29. The van der Waals surface area contributed by atoms with E-state index in [1.807, 2.05) is 0 Å². The molecule has 0 aliphatic heterocycles. The Labute approximate surface area is 80.7 Å². The van der Waals surface area contributed by atoms with E-state index >= 15 is 0 Å². The summed E-state index contributed by atoms with van der Waals surface area (Å²) in [4.78, 5) is 22.5. The Morgan fingerprint density at radius 1 is 1.07 bits per heavy atom. The molecule has 68 valence electrons. The number of aromatic nitrogens is 3. The van der Waals surface area contributed by atoms with Crippen LogP contribution in [0, 0.1) is 0 Å². The molecule has 4 heteroatoms. The maximum absolute atomic E-state index is 10.5. The molecule has 2 rings (SSSR count). The van der Waals surface area contributed by atoms with Crippen LogP contribution in [0.5, 0.6) is 0 Å².